The smallest absolute Gasteiger partial charge is 0.249 e. The number of hydrogen-bond acceptors (Lipinski definition) is 8. The van der Waals surface area contributed by atoms with E-state index in [0.717, 1.165) is 5.39 Å². The van der Waals surface area contributed by atoms with Gasteiger partial charge in [0.05, 0.1) is 41.9 Å². The molecule has 0 fully saturated rings. The van der Waals surface area contributed by atoms with Crippen molar-refractivity contribution in [2.75, 3.05) is 18.5 Å². The first-order valence-corrected chi connectivity index (χ1v) is 11.3. The zero-order chi connectivity index (χ0) is 26.0. The molecule has 0 spiro atoms. The fraction of sp³-hybridized carbons (Fsp3) is 0.500. The maximum absolute atomic E-state index is 12.7. The number of carbonyl (C=O) groups is 2. The van der Waals surface area contributed by atoms with E-state index in [0.29, 0.717) is 22.4 Å². The number of nitrogens with one attached hydrogen (secondary N) is 2. The number of hydrogen-bond donors (Lipinski definition) is 5. The van der Waals surface area contributed by atoms with Gasteiger partial charge in [0.2, 0.25) is 11.8 Å². The van der Waals surface area contributed by atoms with Gasteiger partial charge >= 0.3 is 0 Å². The van der Waals surface area contributed by atoms with E-state index in [4.69, 9.17) is 4.74 Å². The Morgan fingerprint density at radius 2 is 1.80 bits per heavy atom. The summed E-state index contributed by atoms with van der Waals surface area (Å²) >= 11 is 0. The lowest BCUT2D eigenvalue weighted by atomic mass is 10.1. The zero-order valence-electron chi connectivity index (χ0n) is 20.6. The van der Waals surface area contributed by atoms with E-state index >= 15 is 0 Å². The number of nitrogens with zero attached hydrogens (tertiary/aromatic N) is 3. The van der Waals surface area contributed by atoms with Crippen molar-refractivity contribution in [1.82, 2.24) is 19.9 Å². The van der Waals surface area contributed by atoms with Crippen molar-refractivity contribution in [2.45, 2.75) is 65.1 Å². The monoisotopic (exact) mass is 487 g/mol. The van der Waals surface area contributed by atoms with E-state index in [1.54, 1.807) is 38.3 Å². The number of aliphatic hydroxyl groups is 3. The Hall–Kier alpha value is -3.12. The molecule has 0 saturated heterocycles. The molecule has 0 bridgehead atoms. The second-order valence-electron chi connectivity index (χ2n) is 9.79. The van der Waals surface area contributed by atoms with Gasteiger partial charge in [-0.25, -0.2) is 9.97 Å². The molecule has 11 nitrogen and oxygen atoms in total. The molecule has 0 aliphatic rings. The Bertz CT molecular complexity index is 1230. The minimum absolute atomic E-state index is 0.0345. The number of anilines is 1. The number of carbonyl (C=O) groups excluding carboxylic acids is 2. The van der Waals surface area contributed by atoms with Crippen LogP contribution in [0.5, 0.6) is 0 Å². The number of rotatable bonds is 10. The first-order chi connectivity index (χ1) is 16.3. The van der Waals surface area contributed by atoms with Crippen molar-refractivity contribution in [3.05, 3.63) is 30.1 Å². The standard InChI is InChI=1S/C24H33N5O6/c1-14(35-13-24(4,5)34)22(32)25-10-18(31)28-21-19-20(15-8-6-7-9-16(15)26-21)29(12-23(2,3)33)17(11-30)27-19/h6-9,14,30,33-34H,10-13H2,1-5H3,(H,25,32)(H,26,28,31). The Labute approximate surface area is 203 Å². The van der Waals surface area contributed by atoms with Crippen LogP contribution in [0.15, 0.2) is 24.3 Å². The molecule has 1 aromatic carbocycles. The number of para-hydroxylation sites is 1. The summed E-state index contributed by atoms with van der Waals surface area (Å²) in [6, 6.07) is 7.30. The van der Waals surface area contributed by atoms with Gasteiger partial charge in [0.1, 0.15) is 24.1 Å². The highest BCUT2D eigenvalue weighted by atomic mass is 16.5. The third-order valence-corrected chi connectivity index (χ3v) is 5.09. The number of imidazole rings is 1. The van der Waals surface area contributed by atoms with Crippen molar-refractivity contribution in [3.8, 4) is 0 Å². The molecule has 2 heterocycles. The number of fused-ring (bicyclic) bond motifs is 3. The number of ether oxygens (including phenoxy) is 1. The van der Waals surface area contributed by atoms with Crippen LogP contribution in [0, 0.1) is 0 Å². The van der Waals surface area contributed by atoms with Gasteiger partial charge in [-0.15, -0.1) is 0 Å². The summed E-state index contributed by atoms with van der Waals surface area (Å²) in [5, 5.41) is 36.0. The zero-order valence-corrected chi connectivity index (χ0v) is 20.6. The lowest BCUT2D eigenvalue weighted by molar-refractivity contribution is -0.136. The summed E-state index contributed by atoms with van der Waals surface area (Å²) in [7, 11) is 0. The molecule has 190 valence electrons. The van der Waals surface area contributed by atoms with Crippen LogP contribution in [0.2, 0.25) is 0 Å². The van der Waals surface area contributed by atoms with Crippen molar-refractivity contribution >= 4 is 39.6 Å². The van der Waals surface area contributed by atoms with Crippen LogP contribution in [0.25, 0.3) is 21.9 Å². The van der Waals surface area contributed by atoms with Crippen LogP contribution < -0.4 is 10.6 Å². The molecule has 0 aliphatic heterocycles. The second-order valence-corrected chi connectivity index (χ2v) is 9.79. The second kappa shape index (κ2) is 10.2. The number of aromatic nitrogens is 3. The Morgan fingerprint density at radius 3 is 2.43 bits per heavy atom. The van der Waals surface area contributed by atoms with Gasteiger partial charge in [-0.05, 0) is 40.7 Å². The average Bonchev–Trinajstić information content (AvgIpc) is 3.12. The molecule has 35 heavy (non-hydrogen) atoms. The predicted molar refractivity (Wildman–Crippen MR) is 131 cm³/mol. The van der Waals surface area contributed by atoms with E-state index < -0.39 is 29.1 Å². The molecule has 2 aromatic heterocycles. The summed E-state index contributed by atoms with van der Waals surface area (Å²) in [4.78, 5) is 33.9. The molecular weight excluding hydrogens is 454 g/mol. The van der Waals surface area contributed by atoms with Crippen molar-refractivity contribution < 1.29 is 29.6 Å². The molecule has 1 unspecified atom stereocenters. The summed E-state index contributed by atoms with van der Waals surface area (Å²) in [6.45, 7) is 7.39. The molecule has 11 heteroatoms. The summed E-state index contributed by atoms with van der Waals surface area (Å²) in [6.07, 6.45) is -0.857. The number of amides is 2. The van der Waals surface area contributed by atoms with Crippen LogP contribution in [-0.4, -0.2) is 72.1 Å². The summed E-state index contributed by atoms with van der Waals surface area (Å²) < 4.78 is 7.05. The molecule has 2 amide bonds. The van der Waals surface area contributed by atoms with Gasteiger partial charge in [-0.3, -0.25) is 9.59 Å². The fourth-order valence-electron chi connectivity index (χ4n) is 3.54. The lowest BCUT2D eigenvalue weighted by Crippen LogP contribution is -2.41. The SMILES string of the molecule is CC(OCC(C)(C)O)C(=O)NCC(=O)Nc1nc2ccccc2c2c1nc(CO)n2CC(C)(C)O. The third kappa shape index (κ3) is 6.73. The highest BCUT2D eigenvalue weighted by Gasteiger charge is 2.24. The minimum Gasteiger partial charge on any atom is -0.389 e. The number of pyridine rings is 1. The van der Waals surface area contributed by atoms with E-state index in [2.05, 4.69) is 20.6 Å². The van der Waals surface area contributed by atoms with Crippen LogP contribution in [0.3, 0.4) is 0 Å². The molecule has 5 N–H and O–H groups in total. The van der Waals surface area contributed by atoms with E-state index in [1.807, 2.05) is 18.2 Å². The highest BCUT2D eigenvalue weighted by molar-refractivity contribution is 6.10. The molecular formula is C24H33N5O6. The van der Waals surface area contributed by atoms with E-state index in [1.165, 1.54) is 6.92 Å². The molecule has 0 aliphatic carbocycles. The summed E-state index contributed by atoms with van der Waals surface area (Å²) in [5.41, 5.74) is -0.594. The minimum atomic E-state index is -1.08. The van der Waals surface area contributed by atoms with Crippen LogP contribution >= 0.6 is 0 Å². The molecule has 3 aromatic rings. The quantitative estimate of drug-likeness (QED) is 0.284. The normalized spacial score (nSPS) is 13.3. The van der Waals surface area contributed by atoms with Crippen LogP contribution in [0.1, 0.15) is 40.4 Å². The third-order valence-electron chi connectivity index (χ3n) is 5.09. The van der Waals surface area contributed by atoms with Crippen LogP contribution in [0.4, 0.5) is 5.82 Å². The van der Waals surface area contributed by atoms with Gasteiger partial charge in [0.25, 0.3) is 0 Å². The molecule has 0 radical (unpaired) electrons. The largest absolute Gasteiger partial charge is 0.389 e. The van der Waals surface area contributed by atoms with Crippen molar-refractivity contribution in [3.63, 3.8) is 0 Å². The topological polar surface area (TPSA) is 159 Å². The van der Waals surface area contributed by atoms with Gasteiger partial charge in [-0.2, -0.15) is 0 Å². The summed E-state index contributed by atoms with van der Waals surface area (Å²) in [5.74, 6) is -0.534. The highest BCUT2D eigenvalue weighted by Crippen LogP contribution is 2.31. The van der Waals surface area contributed by atoms with Gasteiger partial charge in [0.15, 0.2) is 5.82 Å². The maximum atomic E-state index is 12.7. The van der Waals surface area contributed by atoms with E-state index in [9.17, 15) is 24.9 Å². The molecule has 0 saturated carbocycles. The molecule has 3 rings (SSSR count). The Balaban J connectivity index is 1.86. The predicted octanol–water partition coefficient (Wildman–Crippen LogP) is 1.08. The molecule has 1 atom stereocenters. The number of benzene rings is 1. The van der Waals surface area contributed by atoms with Gasteiger partial charge < -0.3 is 35.3 Å². The first-order valence-electron chi connectivity index (χ1n) is 11.3. The van der Waals surface area contributed by atoms with Crippen molar-refractivity contribution in [2.24, 2.45) is 0 Å². The maximum Gasteiger partial charge on any atom is 0.249 e. The van der Waals surface area contributed by atoms with E-state index in [-0.39, 0.29) is 32.1 Å². The van der Waals surface area contributed by atoms with Crippen LogP contribution in [-0.2, 0) is 27.5 Å². The number of aliphatic hydroxyl groups excluding tert-OH is 1. The van der Waals surface area contributed by atoms with Crippen molar-refractivity contribution in [1.29, 1.82) is 0 Å². The first kappa shape index (κ1) is 26.5. The van der Waals surface area contributed by atoms with Gasteiger partial charge in [-0.1, -0.05) is 18.2 Å². The van der Waals surface area contributed by atoms with Gasteiger partial charge in [0, 0.05) is 5.39 Å². The average molecular weight is 488 g/mol. The lowest BCUT2D eigenvalue weighted by Gasteiger charge is -2.20. The fourth-order valence-corrected chi connectivity index (χ4v) is 3.54. The Morgan fingerprint density at radius 1 is 1.11 bits per heavy atom. The Kier molecular flexibility index (Phi) is 7.75.